The van der Waals surface area contributed by atoms with Crippen LogP contribution in [0.5, 0.6) is 0 Å². The highest BCUT2D eigenvalue weighted by molar-refractivity contribution is 5.62. The third-order valence-electron chi connectivity index (χ3n) is 5.12. The van der Waals surface area contributed by atoms with Crippen LogP contribution >= 0.6 is 0 Å². The molecule has 1 unspecified atom stereocenters. The monoisotopic (exact) mass is 376 g/mol. The van der Waals surface area contributed by atoms with Gasteiger partial charge in [0.2, 0.25) is 5.88 Å². The van der Waals surface area contributed by atoms with E-state index in [0.717, 1.165) is 41.5 Å². The van der Waals surface area contributed by atoms with Gasteiger partial charge in [0.05, 0.1) is 0 Å². The number of halogens is 2. The highest BCUT2D eigenvalue weighted by Gasteiger charge is 2.35. The van der Waals surface area contributed by atoms with Crippen LogP contribution in [0.4, 0.5) is 8.78 Å². The maximum absolute atomic E-state index is 13.4. The SMILES string of the molecule is N#CC1=C(N)OC2=C(CCC/C2=C/c2ccc(F)cc2)C1c1ccc(F)cc1. The van der Waals surface area contributed by atoms with Crippen LogP contribution in [-0.4, -0.2) is 0 Å². The highest BCUT2D eigenvalue weighted by atomic mass is 19.1. The van der Waals surface area contributed by atoms with E-state index in [4.69, 9.17) is 10.5 Å². The van der Waals surface area contributed by atoms with E-state index in [2.05, 4.69) is 6.07 Å². The van der Waals surface area contributed by atoms with E-state index in [0.29, 0.717) is 11.3 Å². The van der Waals surface area contributed by atoms with Crippen molar-refractivity contribution in [2.45, 2.75) is 25.2 Å². The number of hydrogen-bond acceptors (Lipinski definition) is 3. The molecule has 4 rings (SSSR count). The number of hydrogen-bond donors (Lipinski definition) is 1. The summed E-state index contributed by atoms with van der Waals surface area (Å²) >= 11 is 0. The Bertz CT molecular complexity index is 1040. The lowest BCUT2D eigenvalue weighted by Gasteiger charge is -2.33. The standard InChI is InChI=1S/C23H18F2N2O/c24-17-8-4-14(5-9-17)12-16-2-1-3-19-21(15-6-10-18(25)11-7-15)20(13-26)23(27)28-22(16)19/h4-12,21H,1-3,27H2/b16-12-. The number of nitriles is 1. The molecule has 28 heavy (non-hydrogen) atoms. The Hall–Kier alpha value is -3.39. The van der Waals surface area contributed by atoms with E-state index >= 15 is 0 Å². The number of allylic oxidation sites excluding steroid dienone is 3. The Morgan fingerprint density at radius 2 is 1.64 bits per heavy atom. The number of nitrogens with two attached hydrogens (primary N) is 1. The number of nitrogens with zero attached hydrogens (tertiary/aromatic N) is 1. The number of rotatable bonds is 2. The Kier molecular flexibility index (Phi) is 4.70. The Labute approximate surface area is 162 Å². The van der Waals surface area contributed by atoms with Crippen LogP contribution in [0.2, 0.25) is 0 Å². The molecular weight excluding hydrogens is 358 g/mol. The van der Waals surface area contributed by atoms with Gasteiger partial charge in [0.1, 0.15) is 29.0 Å². The summed E-state index contributed by atoms with van der Waals surface area (Å²) in [6, 6.07) is 14.5. The zero-order chi connectivity index (χ0) is 19.7. The minimum Gasteiger partial charge on any atom is -0.440 e. The molecule has 0 saturated heterocycles. The van der Waals surface area contributed by atoms with Crippen LogP contribution in [0.15, 0.2) is 76.9 Å². The first kappa shape index (κ1) is 18.0. The lowest BCUT2D eigenvalue weighted by Crippen LogP contribution is -2.23. The van der Waals surface area contributed by atoms with E-state index in [1.165, 1.54) is 24.3 Å². The van der Waals surface area contributed by atoms with Crippen molar-refractivity contribution in [3.63, 3.8) is 0 Å². The van der Waals surface area contributed by atoms with Crippen molar-refractivity contribution in [1.29, 1.82) is 5.26 Å². The first-order chi connectivity index (χ1) is 13.6. The molecule has 1 atom stereocenters. The summed E-state index contributed by atoms with van der Waals surface area (Å²) in [5.41, 5.74) is 10.0. The van der Waals surface area contributed by atoms with E-state index in [9.17, 15) is 14.0 Å². The lowest BCUT2D eigenvalue weighted by molar-refractivity contribution is 0.277. The van der Waals surface area contributed by atoms with Crippen molar-refractivity contribution in [3.05, 3.63) is 99.7 Å². The first-order valence-electron chi connectivity index (χ1n) is 9.09. The summed E-state index contributed by atoms with van der Waals surface area (Å²) in [6.45, 7) is 0. The topological polar surface area (TPSA) is 59.0 Å². The zero-order valence-electron chi connectivity index (χ0n) is 15.1. The predicted octanol–water partition coefficient (Wildman–Crippen LogP) is 5.29. The smallest absolute Gasteiger partial charge is 0.205 e. The van der Waals surface area contributed by atoms with Crippen LogP contribution in [0.1, 0.15) is 36.3 Å². The van der Waals surface area contributed by atoms with E-state index in [-0.39, 0.29) is 23.4 Å². The first-order valence-corrected chi connectivity index (χ1v) is 9.09. The highest BCUT2D eigenvalue weighted by Crippen LogP contribution is 2.46. The molecule has 2 aromatic rings. The van der Waals surface area contributed by atoms with Crippen molar-refractivity contribution >= 4 is 6.08 Å². The molecule has 1 aliphatic carbocycles. The molecule has 0 fully saturated rings. The third-order valence-corrected chi connectivity index (χ3v) is 5.12. The van der Waals surface area contributed by atoms with E-state index < -0.39 is 0 Å². The lowest BCUT2D eigenvalue weighted by atomic mass is 9.77. The molecule has 1 heterocycles. The Morgan fingerprint density at radius 3 is 2.29 bits per heavy atom. The van der Waals surface area contributed by atoms with Crippen LogP contribution < -0.4 is 5.73 Å². The summed E-state index contributed by atoms with van der Waals surface area (Å²) in [6.07, 6.45) is 4.41. The fraction of sp³-hybridized carbons (Fsp3) is 0.174. The van der Waals surface area contributed by atoms with Gasteiger partial charge >= 0.3 is 0 Å². The van der Waals surface area contributed by atoms with Crippen molar-refractivity contribution in [2.75, 3.05) is 0 Å². The fourth-order valence-electron chi connectivity index (χ4n) is 3.83. The van der Waals surface area contributed by atoms with Crippen LogP contribution in [-0.2, 0) is 4.74 Å². The maximum Gasteiger partial charge on any atom is 0.205 e. The zero-order valence-corrected chi connectivity index (χ0v) is 15.1. The van der Waals surface area contributed by atoms with Gasteiger partial charge in [-0.15, -0.1) is 0 Å². The molecule has 3 nitrogen and oxygen atoms in total. The molecule has 0 bridgehead atoms. The van der Waals surface area contributed by atoms with E-state index in [1.807, 2.05) is 6.08 Å². The van der Waals surface area contributed by atoms with Gasteiger partial charge in [-0.2, -0.15) is 5.26 Å². The minimum atomic E-state index is -0.355. The summed E-state index contributed by atoms with van der Waals surface area (Å²) in [7, 11) is 0. The second kappa shape index (κ2) is 7.32. The molecule has 0 radical (unpaired) electrons. The summed E-state index contributed by atoms with van der Waals surface area (Å²) in [5, 5.41) is 9.65. The summed E-state index contributed by atoms with van der Waals surface area (Å²) < 4.78 is 32.5. The van der Waals surface area contributed by atoms with Crippen molar-refractivity contribution in [2.24, 2.45) is 5.73 Å². The second-order valence-electron chi connectivity index (χ2n) is 6.91. The van der Waals surface area contributed by atoms with Crippen molar-refractivity contribution in [1.82, 2.24) is 0 Å². The molecule has 2 aromatic carbocycles. The van der Waals surface area contributed by atoms with Crippen LogP contribution in [0.25, 0.3) is 6.08 Å². The Morgan fingerprint density at radius 1 is 1.00 bits per heavy atom. The fourth-order valence-corrected chi connectivity index (χ4v) is 3.83. The molecule has 140 valence electrons. The molecule has 0 aromatic heterocycles. The van der Waals surface area contributed by atoms with Gasteiger partial charge in [0, 0.05) is 5.92 Å². The van der Waals surface area contributed by atoms with Gasteiger partial charge in [0.15, 0.2) is 0 Å². The minimum absolute atomic E-state index is 0.0717. The molecule has 0 amide bonds. The van der Waals surface area contributed by atoms with Crippen LogP contribution in [0.3, 0.4) is 0 Å². The van der Waals surface area contributed by atoms with E-state index in [1.54, 1.807) is 24.3 Å². The van der Waals surface area contributed by atoms with Gasteiger partial charge in [-0.05, 0) is 71.9 Å². The van der Waals surface area contributed by atoms with Gasteiger partial charge in [-0.3, -0.25) is 0 Å². The summed E-state index contributed by atoms with van der Waals surface area (Å²) in [4.78, 5) is 0. The molecule has 2 N–H and O–H groups in total. The van der Waals surface area contributed by atoms with Crippen molar-refractivity contribution < 1.29 is 13.5 Å². The second-order valence-corrected chi connectivity index (χ2v) is 6.91. The summed E-state index contributed by atoms with van der Waals surface area (Å²) in [5.74, 6) is -0.238. The quantitative estimate of drug-likeness (QED) is 0.774. The van der Waals surface area contributed by atoms with Gasteiger partial charge in [-0.25, -0.2) is 8.78 Å². The molecular formula is C23H18F2N2O. The third kappa shape index (κ3) is 3.29. The van der Waals surface area contributed by atoms with Crippen molar-refractivity contribution in [3.8, 4) is 6.07 Å². The number of ether oxygens (including phenoxy) is 1. The molecule has 2 aliphatic rings. The van der Waals surface area contributed by atoms with Gasteiger partial charge in [-0.1, -0.05) is 24.3 Å². The normalized spacial score (nSPS) is 20.6. The predicted molar refractivity (Wildman–Crippen MR) is 102 cm³/mol. The molecule has 0 spiro atoms. The molecule has 5 heteroatoms. The molecule has 0 saturated carbocycles. The molecule has 1 aliphatic heterocycles. The average Bonchev–Trinajstić information content (AvgIpc) is 2.70. The Balaban J connectivity index is 1.82. The maximum atomic E-state index is 13.4. The van der Waals surface area contributed by atoms with Crippen LogP contribution in [0, 0.1) is 23.0 Å². The average molecular weight is 376 g/mol. The van der Waals surface area contributed by atoms with Gasteiger partial charge < -0.3 is 10.5 Å². The largest absolute Gasteiger partial charge is 0.440 e. The van der Waals surface area contributed by atoms with Gasteiger partial charge in [0.25, 0.3) is 0 Å². The number of benzene rings is 2.